The molecular weight excluding hydrogens is 322 g/mol. The van der Waals surface area contributed by atoms with Gasteiger partial charge in [-0.15, -0.1) is 0 Å². The Balaban J connectivity index is 1.59. The van der Waals surface area contributed by atoms with Gasteiger partial charge in [0.1, 0.15) is 0 Å². The molecule has 0 spiro atoms. The van der Waals surface area contributed by atoms with Gasteiger partial charge in [0, 0.05) is 31.7 Å². The number of furan rings is 1. The number of nitrogens with one attached hydrogen (secondary N) is 1. The minimum Gasteiger partial charge on any atom is -0.461 e. The summed E-state index contributed by atoms with van der Waals surface area (Å²) in [5, 5.41) is 6.83. The zero-order valence-corrected chi connectivity index (χ0v) is 14.7. The predicted molar refractivity (Wildman–Crippen MR) is 92.2 cm³/mol. The number of amides is 1. The van der Waals surface area contributed by atoms with Crippen LogP contribution in [0.1, 0.15) is 30.8 Å². The lowest BCUT2D eigenvalue weighted by Crippen LogP contribution is -2.49. The average Bonchev–Trinajstić information content (AvgIpc) is 3.29. The van der Waals surface area contributed by atoms with Gasteiger partial charge in [0.15, 0.2) is 11.5 Å². The number of aromatic nitrogens is 1. The van der Waals surface area contributed by atoms with E-state index in [2.05, 4.69) is 29.2 Å². The SMILES string of the molecule is CC(C)C[C@H](CNC(=O)c1cc(-c2ccco2)on1)N1CCOCC1. The van der Waals surface area contributed by atoms with Crippen LogP contribution in [0.15, 0.2) is 33.4 Å². The first-order valence-corrected chi connectivity index (χ1v) is 8.74. The Bertz CT molecular complexity index is 660. The zero-order valence-electron chi connectivity index (χ0n) is 14.7. The number of hydrogen-bond acceptors (Lipinski definition) is 6. The second-order valence-electron chi connectivity index (χ2n) is 6.70. The molecule has 1 fully saturated rings. The van der Waals surface area contributed by atoms with Gasteiger partial charge in [0.2, 0.25) is 5.76 Å². The molecule has 0 unspecified atom stereocenters. The fourth-order valence-corrected chi connectivity index (χ4v) is 3.07. The minimum atomic E-state index is -0.233. The molecule has 0 bridgehead atoms. The molecule has 0 saturated carbocycles. The average molecular weight is 347 g/mol. The van der Waals surface area contributed by atoms with E-state index in [1.54, 1.807) is 24.5 Å². The summed E-state index contributed by atoms with van der Waals surface area (Å²) in [6, 6.07) is 5.42. The maximum atomic E-state index is 12.4. The van der Waals surface area contributed by atoms with Gasteiger partial charge in [0.05, 0.1) is 19.5 Å². The molecule has 2 aromatic rings. The Kier molecular flexibility index (Phi) is 5.88. The normalized spacial score (nSPS) is 16.9. The number of nitrogens with zero attached hydrogens (tertiary/aromatic N) is 2. The molecule has 7 nitrogen and oxygen atoms in total. The molecule has 3 rings (SSSR count). The molecule has 136 valence electrons. The Morgan fingerprint density at radius 1 is 1.32 bits per heavy atom. The lowest BCUT2D eigenvalue weighted by atomic mass is 10.0. The minimum absolute atomic E-state index is 0.233. The van der Waals surface area contributed by atoms with E-state index in [4.69, 9.17) is 13.7 Å². The van der Waals surface area contributed by atoms with E-state index in [0.717, 1.165) is 32.7 Å². The summed E-state index contributed by atoms with van der Waals surface area (Å²) in [6.45, 7) is 8.28. The van der Waals surface area contributed by atoms with Crippen molar-refractivity contribution in [2.24, 2.45) is 5.92 Å². The number of hydrogen-bond donors (Lipinski definition) is 1. The van der Waals surface area contributed by atoms with Crippen molar-refractivity contribution in [1.29, 1.82) is 0 Å². The molecule has 7 heteroatoms. The second kappa shape index (κ2) is 8.31. The zero-order chi connectivity index (χ0) is 17.6. The summed E-state index contributed by atoms with van der Waals surface area (Å²) in [4.78, 5) is 14.8. The van der Waals surface area contributed by atoms with E-state index in [0.29, 0.717) is 30.0 Å². The van der Waals surface area contributed by atoms with Crippen molar-refractivity contribution in [3.63, 3.8) is 0 Å². The van der Waals surface area contributed by atoms with Crippen molar-refractivity contribution in [3.05, 3.63) is 30.2 Å². The molecule has 1 atom stereocenters. The van der Waals surface area contributed by atoms with Crippen LogP contribution < -0.4 is 5.32 Å². The maximum absolute atomic E-state index is 12.4. The van der Waals surface area contributed by atoms with Crippen LogP contribution in [0.3, 0.4) is 0 Å². The Hall–Kier alpha value is -2.12. The number of rotatable bonds is 7. The van der Waals surface area contributed by atoms with Gasteiger partial charge in [-0.25, -0.2) is 0 Å². The van der Waals surface area contributed by atoms with Crippen molar-refractivity contribution in [2.75, 3.05) is 32.8 Å². The molecular formula is C18H25N3O4. The first-order valence-electron chi connectivity index (χ1n) is 8.74. The second-order valence-corrected chi connectivity index (χ2v) is 6.70. The van der Waals surface area contributed by atoms with E-state index in [1.807, 2.05) is 0 Å². The van der Waals surface area contributed by atoms with Crippen LogP contribution in [0.5, 0.6) is 0 Å². The highest BCUT2D eigenvalue weighted by atomic mass is 16.5. The highest BCUT2D eigenvalue weighted by Gasteiger charge is 2.23. The molecule has 25 heavy (non-hydrogen) atoms. The molecule has 0 aromatic carbocycles. The van der Waals surface area contributed by atoms with E-state index in [9.17, 15) is 4.79 Å². The van der Waals surface area contributed by atoms with Crippen molar-refractivity contribution < 1.29 is 18.5 Å². The third-order valence-electron chi connectivity index (χ3n) is 4.31. The van der Waals surface area contributed by atoms with E-state index < -0.39 is 0 Å². The quantitative estimate of drug-likeness (QED) is 0.828. The molecule has 0 radical (unpaired) electrons. The van der Waals surface area contributed by atoms with Crippen molar-refractivity contribution in [2.45, 2.75) is 26.3 Å². The van der Waals surface area contributed by atoms with Crippen LogP contribution in [0, 0.1) is 5.92 Å². The predicted octanol–water partition coefficient (Wildman–Crippen LogP) is 2.41. The lowest BCUT2D eigenvalue weighted by molar-refractivity contribution is 0.0124. The van der Waals surface area contributed by atoms with Gasteiger partial charge in [-0.3, -0.25) is 9.69 Å². The van der Waals surface area contributed by atoms with Crippen LogP contribution in [0.4, 0.5) is 0 Å². The lowest BCUT2D eigenvalue weighted by Gasteiger charge is -2.35. The Morgan fingerprint density at radius 2 is 2.12 bits per heavy atom. The molecule has 1 N–H and O–H groups in total. The topological polar surface area (TPSA) is 80.7 Å². The van der Waals surface area contributed by atoms with Crippen LogP contribution in [0.2, 0.25) is 0 Å². The summed E-state index contributed by atoms with van der Waals surface area (Å²) >= 11 is 0. The Labute approximate surface area is 147 Å². The van der Waals surface area contributed by atoms with Gasteiger partial charge >= 0.3 is 0 Å². The monoisotopic (exact) mass is 347 g/mol. The number of carbonyl (C=O) groups is 1. The molecule has 3 heterocycles. The fraction of sp³-hybridized carbons (Fsp3) is 0.556. The fourth-order valence-electron chi connectivity index (χ4n) is 3.07. The third kappa shape index (κ3) is 4.70. The molecule has 1 aliphatic heterocycles. The highest BCUT2D eigenvalue weighted by molar-refractivity contribution is 5.92. The summed E-state index contributed by atoms with van der Waals surface area (Å²) in [7, 11) is 0. The van der Waals surface area contributed by atoms with Crippen LogP contribution in [0.25, 0.3) is 11.5 Å². The molecule has 2 aromatic heterocycles. The van der Waals surface area contributed by atoms with Crippen molar-refractivity contribution in [1.82, 2.24) is 15.4 Å². The van der Waals surface area contributed by atoms with Gasteiger partial charge in [-0.2, -0.15) is 0 Å². The molecule has 1 saturated heterocycles. The van der Waals surface area contributed by atoms with Gasteiger partial charge in [-0.05, 0) is 24.5 Å². The van der Waals surface area contributed by atoms with Crippen LogP contribution >= 0.6 is 0 Å². The van der Waals surface area contributed by atoms with Crippen molar-refractivity contribution in [3.8, 4) is 11.5 Å². The third-order valence-corrected chi connectivity index (χ3v) is 4.31. The summed E-state index contributed by atoms with van der Waals surface area (Å²) in [5.74, 6) is 1.32. The van der Waals surface area contributed by atoms with E-state index in [1.165, 1.54) is 0 Å². The smallest absolute Gasteiger partial charge is 0.273 e. The molecule has 1 amide bonds. The van der Waals surface area contributed by atoms with E-state index >= 15 is 0 Å². The molecule has 1 aliphatic rings. The standard InChI is InChI=1S/C18H25N3O4/c1-13(2)10-14(21-5-8-23-9-6-21)12-19-18(22)15-11-17(25-20-15)16-4-3-7-24-16/h3-4,7,11,13-14H,5-6,8-10,12H2,1-2H3,(H,19,22)/t14-/m1/s1. The van der Waals surface area contributed by atoms with Gasteiger partial charge < -0.3 is 19.0 Å². The number of morpholine rings is 1. The molecule has 0 aliphatic carbocycles. The summed E-state index contributed by atoms with van der Waals surface area (Å²) in [6.07, 6.45) is 2.58. The van der Waals surface area contributed by atoms with Crippen molar-refractivity contribution >= 4 is 5.91 Å². The van der Waals surface area contributed by atoms with Crippen LogP contribution in [-0.4, -0.2) is 54.9 Å². The maximum Gasteiger partial charge on any atom is 0.273 e. The van der Waals surface area contributed by atoms with Gasteiger partial charge in [0.25, 0.3) is 5.91 Å². The number of carbonyl (C=O) groups excluding carboxylic acids is 1. The van der Waals surface area contributed by atoms with E-state index in [-0.39, 0.29) is 11.6 Å². The van der Waals surface area contributed by atoms with Gasteiger partial charge in [-0.1, -0.05) is 19.0 Å². The summed E-state index contributed by atoms with van der Waals surface area (Å²) < 4.78 is 15.9. The largest absolute Gasteiger partial charge is 0.461 e. The number of ether oxygens (including phenoxy) is 1. The summed E-state index contributed by atoms with van der Waals surface area (Å²) in [5.41, 5.74) is 0.261. The highest BCUT2D eigenvalue weighted by Crippen LogP contribution is 2.20. The first kappa shape index (κ1) is 17.7. The van der Waals surface area contributed by atoms with Crippen LogP contribution in [-0.2, 0) is 4.74 Å². The Morgan fingerprint density at radius 3 is 2.80 bits per heavy atom. The first-order chi connectivity index (χ1) is 12.1.